The molecule has 0 radical (unpaired) electrons. The van der Waals surface area contributed by atoms with Gasteiger partial charge in [-0.2, -0.15) is 13.2 Å². The van der Waals surface area contributed by atoms with Crippen molar-refractivity contribution in [2.45, 2.75) is 45.7 Å². The Morgan fingerprint density at radius 1 is 1.24 bits per heavy atom. The van der Waals surface area contributed by atoms with Crippen molar-refractivity contribution >= 4 is 5.78 Å². The van der Waals surface area contributed by atoms with E-state index in [-0.39, 0.29) is 11.7 Å². The van der Waals surface area contributed by atoms with Crippen LogP contribution in [-0.4, -0.2) is 30.3 Å². The minimum Gasteiger partial charge on any atom is -0.302 e. The maximum Gasteiger partial charge on any atom is 0.419 e. The summed E-state index contributed by atoms with van der Waals surface area (Å²) >= 11 is 0. The summed E-state index contributed by atoms with van der Waals surface area (Å²) in [7, 11) is 0. The fourth-order valence-corrected chi connectivity index (χ4v) is 3.24. The van der Waals surface area contributed by atoms with Gasteiger partial charge in [0.1, 0.15) is 11.6 Å². The minimum atomic E-state index is -4.73. The highest BCUT2D eigenvalue weighted by Gasteiger charge is 2.35. The van der Waals surface area contributed by atoms with Crippen LogP contribution in [0.2, 0.25) is 0 Å². The second-order valence-corrected chi connectivity index (χ2v) is 7.33. The van der Waals surface area contributed by atoms with Crippen LogP contribution in [0.25, 0.3) is 0 Å². The summed E-state index contributed by atoms with van der Waals surface area (Å²) < 4.78 is 52.2. The van der Waals surface area contributed by atoms with Crippen LogP contribution >= 0.6 is 0 Å². The molecule has 1 aliphatic heterocycles. The van der Waals surface area contributed by atoms with Gasteiger partial charge in [-0.3, -0.25) is 4.79 Å². The van der Waals surface area contributed by atoms with E-state index in [2.05, 4.69) is 11.8 Å². The van der Waals surface area contributed by atoms with E-state index >= 15 is 0 Å². The topological polar surface area (TPSA) is 20.3 Å². The number of carbonyl (C=O) groups excluding carboxylic acids is 1. The van der Waals surface area contributed by atoms with Gasteiger partial charge in [0.15, 0.2) is 0 Å². The number of Topliss-reactive ketones (excluding diaryl/α,β-unsaturated/α-hetero) is 1. The summed E-state index contributed by atoms with van der Waals surface area (Å²) in [4.78, 5) is 14.8. The lowest BCUT2D eigenvalue weighted by Crippen LogP contribution is -2.38. The lowest BCUT2D eigenvalue weighted by molar-refractivity contribution is -0.140. The van der Waals surface area contributed by atoms with Gasteiger partial charge in [-0.1, -0.05) is 26.8 Å². The number of halogens is 4. The Hall–Kier alpha value is -1.43. The Morgan fingerprint density at radius 2 is 1.84 bits per heavy atom. The second kappa shape index (κ2) is 7.85. The number of hydrogen-bond donors (Lipinski definition) is 0. The third-order valence-corrected chi connectivity index (χ3v) is 4.93. The molecule has 0 amide bonds. The molecule has 1 saturated heterocycles. The highest BCUT2D eigenvalue weighted by atomic mass is 19.4. The summed E-state index contributed by atoms with van der Waals surface area (Å²) in [5.41, 5.74) is -0.971. The Labute approximate surface area is 146 Å². The van der Waals surface area contributed by atoms with Crippen LogP contribution in [0.1, 0.15) is 50.7 Å². The first-order valence-corrected chi connectivity index (χ1v) is 8.72. The van der Waals surface area contributed by atoms with E-state index in [4.69, 9.17) is 0 Å². The van der Waals surface area contributed by atoms with Gasteiger partial charge in [0.2, 0.25) is 0 Å². The van der Waals surface area contributed by atoms with Crippen molar-refractivity contribution in [3.05, 3.63) is 35.1 Å². The van der Waals surface area contributed by atoms with Crippen molar-refractivity contribution in [3.63, 3.8) is 0 Å². The maximum atomic E-state index is 14.0. The van der Waals surface area contributed by atoms with Crippen LogP contribution in [0.4, 0.5) is 17.6 Å². The number of benzene rings is 1. The number of ketones is 1. The van der Waals surface area contributed by atoms with Gasteiger partial charge < -0.3 is 4.90 Å². The monoisotopic (exact) mass is 359 g/mol. The molecule has 1 aliphatic rings. The number of nitrogens with zero attached hydrogens (tertiary/aromatic N) is 1. The molecular weight excluding hydrogens is 334 g/mol. The largest absolute Gasteiger partial charge is 0.419 e. The van der Waals surface area contributed by atoms with Crippen LogP contribution in [0.5, 0.6) is 0 Å². The summed E-state index contributed by atoms with van der Waals surface area (Å²) in [6.45, 7) is 7.83. The number of piperidine rings is 1. The lowest BCUT2D eigenvalue weighted by Gasteiger charge is -2.33. The summed E-state index contributed by atoms with van der Waals surface area (Å²) in [6.07, 6.45) is -2.67. The number of hydrogen-bond acceptors (Lipinski definition) is 2. The predicted octanol–water partition coefficient (Wildman–Crippen LogP) is 4.89. The van der Waals surface area contributed by atoms with Crippen molar-refractivity contribution in [1.82, 2.24) is 4.90 Å². The van der Waals surface area contributed by atoms with E-state index in [1.807, 2.05) is 0 Å². The average molecular weight is 359 g/mol. The number of carbonyl (C=O) groups is 1. The molecule has 1 heterocycles. The van der Waals surface area contributed by atoms with Crippen LogP contribution < -0.4 is 0 Å². The van der Waals surface area contributed by atoms with Crippen molar-refractivity contribution < 1.29 is 22.4 Å². The van der Waals surface area contributed by atoms with Crippen molar-refractivity contribution in [2.24, 2.45) is 11.8 Å². The van der Waals surface area contributed by atoms with Crippen LogP contribution in [0.15, 0.2) is 18.2 Å². The highest BCUT2D eigenvalue weighted by Crippen LogP contribution is 2.33. The second-order valence-electron chi connectivity index (χ2n) is 7.33. The first-order valence-electron chi connectivity index (χ1n) is 8.72. The molecule has 0 N–H and O–H groups in total. The summed E-state index contributed by atoms with van der Waals surface area (Å²) in [5.74, 6) is -1.63. The molecule has 25 heavy (non-hydrogen) atoms. The molecule has 1 aromatic rings. The van der Waals surface area contributed by atoms with Gasteiger partial charge >= 0.3 is 6.18 Å². The van der Waals surface area contributed by atoms with E-state index < -0.39 is 23.5 Å². The van der Waals surface area contributed by atoms with E-state index in [0.29, 0.717) is 18.0 Å². The number of rotatable bonds is 5. The van der Waals surface area contributed by atoms with E-state index in [1.54, 1.807) is 13.8 Å². The van der Waals surface area contributed by atoms with Gasteiger partial charge in [-0.15, -0.1) is 0 Å². The molecule has 0 spiro atoms. The van der Waals surface area contributed by atoms with E-state index in [9.17, 15) is 22.4 Å². The van der Waals surface area contributed by atoms with Gasteiger partial charge in [0.25, 0.3) is 0 Å². The molecule has 1 fully saturated rings. The SMILES string of the molecule is CC1CCN(C[C@H](C(=O)C(C)C)c2ccc(C(F)(F)F)c(F)c2)CC1. The number of alkyl halides is 3. The van der Waals surface area contributed by atoms with Gasteiger partial charge in [0.05, 0.1) is 11.5 Å². The van der Waals surface area contributed by atoms with E-state index in [0.717, 1.165) is 38.1 Å². The molecule has 0 aromatic heterocycles. The first-order chi connectivity index (χ1) is 11.6. The predicted molar refractivity (Wildman–Crippen MR) is 88.8 cm³/mol. The smallest absolute Gasteiger partial charge is 0.302 e. The minimum absolute atomic E-state index is 0.0715. The third-order valence-electron chi connectivity index (χ3n) is 4.93. The zero-order valence-corrected chi connectivity index (χ0v) is 14.9. The zero-order valence-electron chi connectivity index (χ0n) is 14.9. The number of likely N-dealkylation sites (tertiary alicyclic amines) is 1. The van der Waals surface area contributed by atoms with Crippen LogP contribution in [0.3, 0.4) is 0 Å². The molecule has 2 rings (SSSR count). The Balaban J connectivity index is 2.26. The average Bonchev–Trinajstić information content (AvgIpc) is 2.52. The van der Waals surface area contributed by atoms with Gasteiger partial charge in [-0.05, 0) is 49.5 Å². The van der Waals surface area contributed by atoms with Crippen molar-refractivity contribution in [3.8, 4) is 0 Å². The molecule has 0 aliphatic carbocycles. The van der Waals surface area contributed by atoms with Crippen molar-refractivity contribution in [2.75, 3.05) is 19.6 Å². The Kier molecular flexibility index (Phi) is 6.25. The van der Waals surface area contributed by atoms with Crippen molar-refractivity contribution in [1.29, 1.82) is 0 Å². The molecule has 6 heteroatoms. The molecule has 140 valence electrons. The van der Waals surface area contributed by atoms with Crippen LogP contribution in [-0.2, 0) is 11.0 Å². The molecule has 1 aromatic carbocycles. The highest BCUT2D eigenvalue weighted by molar-refractivity contribution is 5.87. The fourth-order valence-electron chi connectivity index (χ4n) is 3.24. The standard InChI is InChI=1S/C19H25F4NO/c1-12(2)18(25)15(11-24-8-6-13(3)7-9-24)14-4-5-16(17(20)10-14)19(21,22)23/h4-5,10,12-13,15H,6-9,11H2,1-3H3/t15-/m0/s1. The molecule has 0 bridgehead atoms. The normalized spacial score (nSPS) is 18.6. The first kappa shape index (κ1) is 19.9. The Morgan fingerprint density at radius 3 is 2.32 bits per heavy atom. The van der Waals surface area contributed by atoms with Crippen LogP contribution in [0, 0.1) is 17.7 Å². The molecule has 0 unspecified atom stereocenters. The zero-order chi connectivity index (χ0) is 18.8. The summed E-state index contributed by atoms with van der Waals surface area (Å²) in [6, 6.07) is 2.85. The molecular formula is C19H25F4NO. The van der Waals surface area contributed by atoms with Gasteiger partial charge in [0, 0.05) is 12.5 Å². The molecule has 2 nitrogen and oxygen atoms in total. The quantitative estimate of drug-likeness (QED) is 0.698. The van der Waals surface area contributed by atoms with Gasteiger partial charge in [-0.25, -0.2) is 4.39 Å². The third kappa shape index (κ3) is 5.03. The van der Waals surface area contributed by atoms with E-state index in [1.165, 1.54) is 6.07 Å². The fraction of sp³-hybridized carbons (Fsp3) is 0.632. The summed E-state index contributed by atoms with van der Waals surface area (Å²) in [5, 5.41) is 0. The Bertz CT molecular complexity index is 604. The molecule has 0 saturated carbocycles. The molecule has 1 atom stereocenters. The lowest BCUT2D eigenvalue weighted by atomic mass is 9.87. The maximum absolute atomic E-state index is 14.0.